The third kappa shape index (κ3) is 4.05. The molecule has 0 unspecified atom stereocenters. The lowest BCUT2D eigenvalue weighted by Gasteiger charge is -2.18. The summed E-state index contributed by atoms with van der Waals surface area (Å²) in [4.78, 5) is 18.1. The number of carbonyl (C=O) groups is 1. The van der Waals surface area contributed by atoms with Crippen LogP contribution in [0.5, 0.6) is 0 Å². The van der Waals surface area contributed by atoms with Gasteiger partial charge < -0.3 is 5.11 Å². The van der Waals surface area contributed by atoms with Gasteiger partial charge in [0.15, 0.2) is 0 Å². The third-order valence-corrected chi connectivity index (χ3v) is 5.92. The van der Waals surface area contributed by atoms with E-state index in [1.165, 1.54) is 42.6 Å². The molecule has 4 rings (SSSR count). The predicted octanol–water partition coefficient (Wildman–Crippen LogP) is 5.96. The van der Waals surface area contributed by atoms with E-state index >= 15 is 0 Å². The molecule has 4 nitrogen and oxygen atoms in total. The van der Waals surface area contributed by atoms with Crippen LogP contribution in [0.2, 0.25) is 0 Å². The molecule has 0 saturated carbocycles. The topological polar surface area (TPSA) is 52.9 Å². The van der Waals surface area contributed by atoms with Crippen LogP contribution in [0.3, 0.4) is 0 Å². The van der Waals surface area contributed by atoms with Crippen molar-refractivity contribution in [3.05, 3.63) is 77.4 Å². The van der Waals surface area contributed by atoms with Crippen molar-refractivity contribution >= 4 is 18.4 Å². The molecular formula is C26H26N2O2. The van der Waals surface area contributed by atoms with Crippen molar-refractivity contribution in [1.29, 1.82) is 0 Å². The molecule has 4 heteroatoms. The maximum Gasteiger partial charge on any atom is 0.336 e. The number of likely N-dealkylation sites (tertiary alicyclic amines) is 1. The highest BCUT2D eigenvalue weighted by Crippen LogP contribution is 2.32. The zero-order chi connectivity index (χ0) is 21.1. The van der Waals surface area contributed by atoms with Gasteiger partial charge in [-0.1, -0.05) is 48.5 Å². The Hall–Kier alpha value is -3.24. The summed E-state index contributed by atoms with van der Waals surface area (Å²) in [5.74, 6) is -0.952. The summed E-state index contributed by atoms with van der Waals surface area (Å²) in [6.07, 6.45) is 2.57. The summed E-state index contributed by atoms with van der Waals surface area (Å²) in [7, 11) is 0. The SMILES string of the molecule is C=Nc1cc(-c2ccc(-c3ccccc3CN3CCCC3)cc2)cc(C(=O)O)c1C. The molecule has 3 aromatic rings. The van der Waals surface area contributed by atoms with Crippen molar-refractivity contribution in [2.45, 2.75) is 26.3 Å². The Bertz CT molecular complexity index is 1080. The van der Waals surface area contributed by atoms with E-state index in [0.29, 0.717) is 11.3 Å². The van der Waals surface area contributed by atoms with Gasteiger partial charge in [-0.3, -0.25) is 9.89 Å². The van der Waals surface area contributed by atoms with Crippen LogP contribution in [0.25, 0.3) is 22.3 Å². The summed E-state index contributed by atoms with van der Waals surface area (Å²) in [6, 6.07) is 20.5. The predicted molar refractivity (Wildman–Crippen MR) is 123 cm³/mol. The van der Waals surface area contributed by atoms with Crippen molar-refractivity contribution in [3.8, 4) is 22.3 Å². The molecule has 152 valence electrons. The molecule has 0 spiro atoms. The van der Waals surface area contributed by atoms with Crippen LogP contribution in [-0.2, 0) is 6.54 Å². The number of aliphatic imine (C=N–C) groups is 1. The van der Waals surface area contributed by atoms with Crippen LogP contribution >= 0.6 is 0 Å². The van der Waals surface area contributed by atoms with Gasteiger partial charge in [-0.2, -0.15) is 0 Å². The fraction of sp³-hybridized carbons (Fsp3) is 0.231. The highest BCUT2D eigenvalue weighted by molar-refractivity contribution is 5.93. The molecule has 1 saturated heterocycles. The van der Waals surface area contributed by atoms with Gasteiger partial charge in [0.1, 0.15) is 0 Å². The lowest BCUT2D eigenvalue weighted by atomic mass is 9.94. The Labute approximate surface area is 177 Å². The molecule has 0 radical (unpaired) electrons. The lowest BCUT2D eigenvalue weighted by Crippen LogP contribution is -2.18. The minimum Gasteiger partial charge on any atom is -0.478 e. The van der Waals surface area contributed by atoms with Crippen LogP contribution in [0.4, 0.5) is 5.69 Å². The Morgan fingerprint density at radius 3 is 2.33 bits per heavy atom. The largest absolute Gasteiger partial charge is 0.478 e. The Balaban J connectivity index is 1.67. The normalized spacial score (nSPS) is 14.0. The number of carboxylic acid groups (broad SMARTS) is 1. The first-order valence-corrected chi connectivity index (χ1v) is 10.3. The van der Waals surface area contributed by atoms with E-state index in [2.05, 4.69) is 53.0 Å². The molecule has 0 amide bonds. The van der Waals surface area contributed by atoms with E-state index in [4.69, 9.17) is 0 Å². The minimum atomic E-state index is -0.952. The number of carboxylic acids is 1. The molecule has 1 heterocycles. The highest BCUT2D eigenvalue weighted by atomic mass is 16.4. The zero-order valence-corrected chi connectivity index (χ0v) is 17.3. The first kappa shape index (κ1) is 20.0. The first-order chi connectivity index (χ1) is 14.6. The second-order valence-electron chi connectivity index (χ2n) is 7.85. The summed E-state index contributed by atoms with van der Waals surface area (Å²) >= 11 is 0. The van der Waals surface area contributed by atoms with Crippen molar-refractivity contribution in [1.82, 2.24) is 4.90 Å². The van der Waals surface area contributed by atoms with Gasteiger partial charge in [-0.05, 0) is 85.1 Å². The quantitative estimate of drug-likeness (QED) is 0.522. The number of hydrogen-bond donors (Lipinski definition) is 1. The van der Waals surface area contributed by atoms with Crippen molar-refractivity contribution < 1.29 is 9.90 Å². The van der Waals surface area contributed by atoms with Crippen LogP contribution in [0, 0.1) is 6.92 Å². The maximum atomic E-state index is 11.6. The van der Waals surface area contributed by atoms with Crippen LogP contribution in [0.1, 0.15) is 34.3 Å². The third-order valence-electron chi connectivity index (χ3n) is 5.92. The smallest absolute Gasteiger partial charge is 0.336 e. The Morgan fingerprint density at radius 2 is 1.67 bits per heavy atom. The molecule has 1 aliphatic heterocycles. The summed E-state index contributed by atoms with van der Waals surface area (Å²) in [5.41, 5.74) is 7.04. The molecule has 1 fully saturated rings. The van der Waals surface area contributed by atoms with Gasteiger partial charge in [0.2, 0.25) is 0 Å². The monoisotopic (exact) mass is 398 g/mol. The molecule has 0 aliphatic carbocycles. The zero-order valence-electron chi connectivity index (χ0n) is 17.3. The highest BCUT2D eigenvalue weighted by Gasteiger charge is 2.15. The molecule has 1 N–H and O–H groups in total. The average molecular weight is 399 g/mol. The van der Waals surface area contributed by atoms with Gasteiger partial charge in [-0.15, -0.1) is 0 Å². The summed E-state index contributed by atoms with van der Waals surface area (Å²) in [6.45, 7) is 8.67. The van der Waals surface area contributed by atoms with E-state index in [0.717, 1.165) is 17.7 Å². The van der Waals surface area contributed by atoms with Crippen molar-refractivity contribution in [3.63, 3.8) is 0 Å². The summed E-state index contributed by atoms with van der Waals surface area (Å²) < 4.78 is 0. The second kappa shape index (κ2) is 8.64. The molecule has 0 atom stereocenters. The maximum absolute atomic E-state index is 11.6. The second-order valence-corrected chi connectivity index (χ2v) is 7.85. The number of hydrogen-bond acceptors (Lipinski definition) is 3. The molecule has 0 bridgehead atoms. The molecule has 30 heavy (non-hydrogen) atoms. The van der Waals surface area contributed by atoms with Crippen LogP contribution in [0.15, 0.2) is 65.7 Å². The summed E-state index contributed by atoms with van der Waals surface area (Å²) in [5, 5.41) is 9.53. The number of nitrogens with zero attached hydrogens (tertiary/aromatic N) is 2. The molecule has 3 aromatic carbocycles. The minimum absolute atomic E-state index is 0.259. The lowest BCUT2D eigenvalue weighted by molar-refractivity contribution is 0.0696. The van der Waals surface area contributed by atoms with E-state index < -0.39 is 5.97 Å². The average Bonchev–Trinajstić information content (AvgIpc) is 3.27. The Kier molecular flexibility index (Phi) is 5.77. The molecule has 1 aliphatic rings. The van der Waals surface area contributed by atoms with E-state index in [1.54, 1.807) is 13.0 Å². The number of aromatic carboxylic acids is 1. The van der Waals surface area contributed by atoms with Gasteiger partial charge >= 0.3 is 5.97 Å². The van der Waals surface area contributed by atoms with Crippen LogP contribution in [-0.4, -0.2) is 35.8 Å². The molecule has 0 aromatic heterocycles. The van der Waals surface area contributed by atoms with E-state index in [1.807, 2.05) is 18.2 Å². The number of benzene rings is 3. The van der Waals surface area contributed by atoms with Crippen molar-refractivity contribution in [2.24, 2.45) is 4.99 Å². The van der Waals surface area contributed by atoms with E-state index in [9.17, 15) is 9.90 Å². The van der Waals surface area contributed by atoms with Crippen LogP contribution < -0.4 is 0 Å². The van der Waals surface area contributed by atoms with Gasteiger partial charge in [-0.25, -0.2) is 4.79 Å². The van der Waals surface area contributed by atoms with Gasteiger partial charge in [0, 0.05) is 6.54 Å². The standard InChI is InChI=1S/C26H26N2O2/c1-18-24(26(29)30)15-22(16-25(18)27-2)19-9-11-20(12-10-19)23-8-4-3-7-21(23)17-28-13-5-6-14-28/h3-4,7-12,15-16H,2,5-6,13-14,17H2,1H3,(H,29,30). The van der Waals surface area contributed by atoms with Crippen molar-refractivity contribution in [2.75, 3.05) is 13.1 Å². The van der Waals surface area contributed by atoms with Gasteiger partial charge in [0.25, 0.3) is 0 Å². The fourth-order valence-electron chi connectivity index (χ4n) is 4.22. The van der Waals surface area contributed by atoms with E-state index in [-0.39, 0.29) is 5.56 Å². The first-order valence-electron chi connectivity index (χ1n) is 10.3. The van der Waals surface area contributed by atoms with Gasteiger partial charge in [0.05, 0.1) is 11.3 Å². The fourth-order valence-corrected chi connectivity index (χ4v) is 4.22. The molecular weight excluding hydrogens is 372 g/mol. The Morgan fingerprint density at radius 1 is 1.00 bits per heavy atom. The number of rotatable bonds is 6.